The van der Waals surface area contributed by atoms with E-state index in [4.69, 9.17) is 9.73 Å². The highest BCUT2D eigenvalue weighted by atomic mass is 127. The van der Waals surface area contributed by atoms with Crippen LogP contribution in [0.5, 0.6) is 5.75 Å². The number of rotatable bonds is 9. The standard InChI is InChI=1S/C21H35N3O2S.HI/c1-4-22-21(24-18-11-7-13-20(16-18)27(25)5-2)23-14-8-10-17-9-6-12-19(15-17)26-3;/h6,9,12,15,18,20H,4-5,7-8,10-11,13-14,16H2,1-3H3,(H2,22,23,24);1H. The maximum Gasteiger partial charge on any atom is 0.191 e. The molecular weight excluding hydrogens is 485 g/mol. The van der Waals surface area contributed by atoms with Crippen LogP contribution in [0.25, 0.3) is 0 Å². The zero-order valence-corrected chi connectivity index (χ0v) is 20.6. The summed E-state index contributed by atoms with van der Waals surface area (Å²) in [6, 6.07) is 8.59. The minimum absolute atomic E-state index is 0. The molecule has 1 aliphatic carbocycles. The molecule has 1 fully saturated rings. The minimum Gasteiger partial charge on any atom is -0.497 e. The maximum atomic E-state index is 12.1. The molecule has 0 radical (unpaired) electrons. The maximum absolute atomic E-state index is 12.1. The monoisotopic (exact) mass is 521 g/mol. The van der Waals surface area contributed by atoms with Crippen molar-refractivity contribution < 1.29 is 8.95 Å². The van der Waals surface area contributed by atoms with Crippen LogP contribution in [0.15, 0.2) is 29.3 Å². The van der Waals surface area contributed by atoms with Gasteiger partial charge in [0.1, 0.15) is 5.75 Å². The van der Waals surface area contributed by atoms with Crippen molar-refractivity contribution in [3.8, 4) is 5.75 Å². The fourth-order valence-corrected chi connectivity index (χ4v) is 4.91. The second-order valence-corrected chi connectivity index (χ2v) is 9.02. The van der Waals surface area contributed by atoms with E-state index in [1.165, 1.54) is 5.56 Å². The number of hydrogen-bond donors (Lipinski definition) is 2. The van der Waals surface area contributed by atoms with Crippen molar-refractivity contribution in [2.45, 2.75) is 63.7 Å². The molecule has 2 rings (SSSR count). The van der Waals surface area contributed by atoms with Crippen LogP contribution in [0.4, 0.5) is 0 Å². The Kier molecular flexibility index (Phi) is 12.8. The van der Waals surface area contributed by atoms with Gasteiger partial charge in [-0.25, -0.2) is 0 Å². The second kappa shape index (κ2) is 14.2. The average Bonchev–Trinajstić information content (AvgIpc) is 2.71. The number of halogens is 1. The Balaban J connectivity index is 0.00000392. The number of aryl methyl sites for hydroxylation is 1. The summed E-state index contributed by atoms with van der Waals surface area (Å²) < 4.78 is 17.4. The molecule has 0 heterocycles. The number of hydrogen-bond acceptors (Lipinski definition) is 3. The summed E-state index contributed by atoms with van der Waals surface area (Å²) in [5.41, 5.74) is 1.28. The molecule has 0 spiro atoms. The average molecular weight is 522 g/mol. The van der Waals surface area contributed by atoms with Gasteiger partial charge in [-0.1, -0.05) is 25.5 Å². The highest BCUT2D eigenvalue weighted by Crippen LogP contribution is 2.23. The van der Waals surface area contributed by atoms with Crippen LogP contribution in [-0.4, -0.2) is 47.4 Å². The number of benzene rings is 1. The smallest absolute Gasteiger partial charge is 0.191 e. The molecule has 3 unspecified atom stereocenters. The predicted octanol–water partition coefficient (Wildman–Crippen LogP) is 3.88. The summed E-state index contributed by atoms with van der Waals surface area (Å²) in [5, 5.41) is 7.25. The Hall–Kier alpha value is -0.830. The van der Waals surface area contributed by atoms with Crippen molar-refractivity contribution in [1.29, 1.82) is 0 Å². The zero-order valence-electron chi connectivity index (χ0n) is 17.4. The lowest BCUT2D eigenvalue weighted by atomic mass is 9.95. The fraction of sp³-hybridized carbons (Fsp3) is 0.667. The van der Waals surface area contributed by atoms with Crippen LogP contribution in [0.1, 0.15) is 51.5 Å². The number of nitrogens with zero attached hydrogens (tertiary/aromatic N) is 1. The predicted molar refractivity (Wildman–Crippen MR) is 131 cm³/mol. The number of aliphatic imine (C=N–C) groups is 1. The Morgan fingerprint density at radius 3 is 2.86 bits per heavy atom. The van der Waals surface area contributed by atoms with Gasteiger partial charge in [0.15, 0.2) is 5.96 Å². The highest BCUT2D eigenvalue weighted by Gasteiger charge is 2.25. The van der Waals surface area contributed by atoms with Crippen molar-refractivity contribution in [1.82, 2.24) is 10.6 Å². The summed E-state index contributed by atoms with van der Waals surface area (Å²) in [4.78, 5) is 4.74. The Morgan fingerprint density at radius 2 is 2.14 bits per heavy atom. The molecule has 0 saturated heterocycles. The third-order valence-corrected chi connectivity index (χ3v) is 6.74. The van der Waals surface area contributed by atoms with Gasteiger partial charge in [-0.05, 0) is 56.7 Å². The Morgan fingerprint density at radius 1 is 1.32 bits per heavy atom. The van der Waals surface area contributed by atoms with Crippen LogP contribution in [0.3, 0.4) is 0 Å². The first kappa shape index (κ1) is 25.2. The molecule has 1 aromatic carbocycles. The van der Waals surface area contributed by atoms with E-state index in [2.05, 4.69) is 29.7 Å². The lowest BCUT2D eigenvalue weighted by Gasteiger charge is -2.30. The quantitative estimate of drug-likeness (QED) is 0.224. The van der Waals surface area contributed by atoms with Crippen molar-refractivity contribution in [3.63, 3.8) is 0 Å². The topological polar surface area (TPSA) is 62.7 Å². The molecule has 0 bridgehead atoms. The van der Waals surface area contributed by atoms with E-state index in [0.29, 0.717) is 11.3 Å². The van der Waals surface area contributed by atoms with Crippen molar-refractivity contribution in [3.05, 3.63) is 29.8 Å². The Bertz CT molecular complexity index is 627. The van der Waals surface area contributed by atoms with E-state index < -0.39 is 10.8 Å². The van der Waals surface area contributed by atoms with E-state index >= 15 is 0 Å². The molecule has 2 N–H and O–H groups in total. The van der Waals surface area contributed by atoms with E-state index in [1.54, 1.807) is 7.11 Å². The summed E-state index contributed by atoms with van der Waals surface area (Å²) >= 11 is 0. The normalized spacial score (nSPS) is 20.8. The molecule has 0 aliphatic heterocycles. The van der Waals surface area contributed by atoms with Gasteiger partial charge in [0.25, 0.3) is 0 Å². The number of ether oxygens (including phenoxy) is 1. The van der Waals surface area contributed by atoms with Gasteiger partial charge >= 0.3 is 0 Å². The summed E-state index contributed by atoms with van der Waals surface area (Å²) in [5.74, 6) is 2.55. The second-order valence-electron chi connectivity index (χ2n) is 7.02. The van der Waals surface area contributed by atoms with Crippen LogP contribution < -0.4 is 15.4 Å². The van der Waals surface area contributed by atoms with Crippen LogP contribution in [0, 0.1) is 0 Å². The van der Waals surface area contributed by atoms with Gasteiger partial charge in [-0.15, -0.1) is 24.0 Å². The SMILES string of the molecule is CCNC(=NCCCc1cccc(OC)c1)NC1CCCC(S(=O)CC)C1.I. The third-order valence-electron chi connectivity index (χ3n) is 5.00. The van der Waals surface area contributed by atoms with Crippen LogP contribution >= 0.6 is 24.0 Å². The molecule has 5 nitrogen and oxygen atoms in total. The molecule has 28 heavy (non-hydrogen) atoms. The molecule has 0 aromatic heterocycles. The highest BCUT2D eigenvalue weighted by molar-refractivity contribution is 14.0. The molecular formula is C21H36IN3O2S. The van der Waals surface area contributed by atoms with Gasteiger partial charge in [0, 0.05) is 40.9 Å². The molecule has 1 saturated carbocycles. The molecule has 3 atom stereocenters. The van der Waals surface area contributed by atoms with Gasteiger partial charge in [-0.2, -0.15) is 0 Å². The van der Waals surface area contributed by atoms with Gasteiger partial charge in [0.05, 0.1) is 7.11 Å². The minimum atomic E-state index is -0.694. The fourth-order valence-electron chi connectivity index (χ4n) is 3.57. The summed E-state index contributed by atoms with van der Waals surface area (Å²) in [6.45, 7) is 5.73. The number of methoxy groups -OCH3 is 1. The van der Waals surface area contributed by atoms with E-state index in [-0.39, 0.29) is 24.0 Å². The van der Waals surface area contributed by atoms with Gasteiger partial charge < -0.3 is 15.4 Å². The van der Waals surface area contributed by atoms with E-state index in [0.717, 1.165) is 69.1 Å². The molecule has 160 valence electrons. The van der Waals surface area contributed by atoms with E-state index in [9.17, 15) is 4.21 Å². The first-order chi connectivity index (χ1) is 13.2. The van der Waals surface area contributed by atoms with Crippen LogP contribution in [0.2, 0.25) is 0 Å². The van der Waals surface area contributed by atoms with Gasteiger partial charge in [-0.3, -0.25) is 9.20 Å². The van der Waals surface area contributed by atoms with Crippen molar-refractivity contribution in [2.75, 3.05) is 26.0 Å². The molecule has 7 heteroatoms. The largest absolute Gasteiger partial charge is 0.497 e. The van der Waals surface area contributed by atoms with Crippen LogP contribution in [-0.2, 0) is 17.2 Å². The molecule has 0 amide bonds. The third kappa shape index (κ3) is 8.68. The Labute approximate surface area is 190 Å². The van der Waals surface area contributed by atoms with E-state index in [1.807, 2.05) is 19.1 Å². The lowest BCUT2D eigenvalue weighted by molar-refractivity contribution is 0.413. The first-order valence-corrected chi connectivity index (χ1v) is 11.6. The molecule has 1 aromatic rings. The zero-order chi connectivity index (χ0) is 19.5. The summed E-state index contributed by atoms with van der Waals surface area (Å²) in [7, 11) is 1.00. The number of nitrogens with one attached hydrogen (secondary N) is 2. The summed E-state index contributed by atoms with van der Waals surface area (Å²) in [6.07, 6.45) is 6.33. The molecule has 1 aliphatic rings. The van der Waals surface area contributed by atoms with Gasteiger partial charge in [0.2, 0.25) is 0 Å². The van der Waals surface area contributed by atoms with Crippen molar-refractivity contribution in [2.24, 2.45) is 4.99 Å². The lowest BCUT2D eigenvalue weighted by Crippen LogP contribution is -2.46. The van der Waals surface area contributed by atoms with Crippen molar-refractivity contribution >= 4 is 40.7 Å². The first-order valence-electron chi connectivity index (χ1n) is 10.2. The number of guanidine groups is 1.